The zero-order chi connectivity index (χ0) is 14.8. The third kappa shape index (κ3) is 2.58. The molecule has 0 fully saturated rings. The third-order valence-corrected chi connectivity index (χ3v) is 3.40. The molecule has 0 atom stereocenters. The van der Waals surface area contributed by atoms with Gasteiger partial charge in [-0.25, -0.2) is 4.79 Å². The second kappa shape index (κ2) is 5.29. The normalized spacial score (nSPS) is 10.5. The molecular weight excluding hydrogens is 264 g/mol. The summed E-state index contributed by atoms with van der Waals surface area (Å²) in [6.45, 7) is 1.99. The van der Waals surface area contributed by atoms with Crippen molar-refractivity contribution < 1.29 is 14.6 Å². The third-order valence-electron chi connectivity index (χ3n) is 3.40. The number of carboxylic acid groups (broad SMARTS) is 1. The van der Waals surface area contributed by atoms with E-state index in [4.69, 9.17) is 9.84 Å². The van der Waals surface area contributed by atoms with E-state index in [0.717, 1.165) is 27.8 Å². The van der Waals surface area contributed by atoms with Gasteiger partial charge in [-0.1, -0.05) is 30.3 Å². The molecule has 21 heavy (non-hydrogen) atoms. The Bertz CT molecular complexity index is 822. The molecule has 0 saturated carbocycles. The fraction of sp³-hybridized carbons (Fsp3) is 0.0556. The lowest BCUT2D eigenvalue weighted by Crippen LogP contribution is -1.95. The van der Waals surface area contributed by atoms with E-state index >= 15 is 0 Å². The first-order chi connectivity index (χ1) is 10.1. The summed E-state index contributed by atoms with van der Waals surface area (Å²) < 4.78 is 5.98. The molecule has 3 aromatic carbocycles. The lowest BCUT2D eigenvalue weighted by molar-refractivity contribution is 0.0697. The molecule has 0 aliphatic rings. The molecule has 3 nitrogen and oxygen atoms in total. The zero-order valence-electron chi connectivity index (χ0n) is 11.5. The molecule has 0 unspecified atom stereocenters. The molecule has 0 aliphatic heterocycles. The minimum Gasteiger partial charge on any atom is -0.478 e. The van der Waals surface area contributed by atoms with Gasteiger partial charge in [0.05, 0.1) is 5.56 Å². The number of aryl methyl sites for hydroxylation is 1. The van der Waals surface area contributed by atoms with Crippen LogP contribution >= 0.6 is 0 Å². The van der Waals surface area contributed by atoms with E-state index < -0.39 is 5.97 Å². The molecule has 0 bridgehead atoms. The summed E-state index contributed by atoms with van der Waals surface area (Å²) >= 11 is 0. The van der Waals surface area contributed by atoms with Gasteiger partial charge in [0.1, 0.15) is 11.5 Å². The molecule has 0 aromatic heterocycles. The van der Waals surface area contributed by atoms with Crippen LogP contribution in [0, 0.1) is 6.92 Å². The highest BCUT2D eigenvalue weighted by Crippen LogP contribution is 2.31. The van der Waals surface area contributed by atoms with Crippen molar-refractivity contribution in [3.05, 3.63) is 71.8 Å². The van der Waals surface area contributed by atoms with Crippen LogP contribution < -0.4 is 4.74 Å². The molecule has 0 heterocycles. The number of fused-ring (bicyclic) bond motifs is 1. The van der Waals surface area contributed by atoms with Crippen LogP contribution in [0.25, 0.3) is 10.8 Å². The smallest absolute Gasteiger partial charge is 0.335 e. The number of hydrogen-bond donors (Lipinski definition) is 1. The Labute approximate surface area is 122 Å². The topological polar surface area (TPSA) is 46.5 Å². The van der Waals surface area contributed by atoms with Gasteiger partial charge >= 0.3 is 5.97 Å². The van der Waals surface area contributed by atoms with Gasteiger partial charge in [0, 0.05) is 5.39 Å². The molecule has 3 aromatic rings. The van der Waals surface area contributed by atoms with E-state index in [9.17, 15) is 4.79 Å². The van der Waals surface area contributed by atoms with E-state index in [2.05, 4.69) is 0 Å². The fourth-order valence-corrected chi connectivity index (χ4v) is 2.27. The average Bonchev–Trinajstić information content (AvgIpc) is 2.49. The van der Waals surface area contributed by atoms with Gasteiger partial charge < -0.3 is 9.84 Å². The van der Waals surface area contributed by atoms with Crippen LogP contribution in [0.15, 0.2) is 60.7 Å². The van der Waals surface area contributed by atoms with Crippen LogP contribution in [0.5, 0.6) is 11.5 Å². The first kappa shape index (κ1) is 13.2. The van der Waals surface area contributed by atoms with Crippen molar-refractivity contribution in [1.29, 1.82) is 0 Å². The van der Waals surface area contributed by atoms with E-state index in [-0.39, 0.29) is 5.56 Å². The number of carboxylic acids is 1. The molecular formula is C18H14O3. The number of benzene rings is 3. The first-order valence-corrected chi connectivity index (χ1v) is 6.65. The lowest BCUT2D eigenvalue weighted by Gasteiger charge is -2.11. The molecule has 0 amide bonds. The first-order valence-electron chi connectivity index (χ1n) is 6.65. The summed E-state index contributed by atoms with van der Waals surface area (Å²) in [6, 6.07) is 18.5. The molecule has 0 radical (unpaired) electrons. The quantitative estimate of drug-likeness (QED) is 0.759. The molecule has 1 N–H and O–H groups in total. The van der Waals surface area contributed by atoms with Crippen molar-refractivity contribution in [2.24, 2.45) is 0 Å². The van der Waals surface area contributed by atoms with Gasteiger partial charge in [0.25, 0.3) is 0 Å². The number of carbonyl (C=O) groups is 1. The van der Waals surface area contributed by atoms with Crippen molar-refractivity contribution in [2.75, 3.05) is 0 Å². The van der Waals surface area contributed by atoms with Crippen LogP contribution in [-0.2, 0) is 0 Å². The highest BCUT2D eigenvalue weighted by atomic mass is 16.5. The average molecular weight is 278 g/mol. The summed E-state index contributed by atoms with van der Waals surface area (Å²) in [5.41, 5.74) is 1.33. The number of hydrogen-bond acceptors (Lipinski definition) is 2. The highest BCUT2D eigenvalue weighted by Gasteiger charge is 2.08. The molecule has 104 valence electrons. The van der Waals surface area contributed by atoms with Crippen LogP contribution in [0.2, 0.25) is 0 Å². The van der Waals surface area contributed by atoms with E-state index in [0.29, 0.717) is 0 Å². The summed E-state index contributed by atoms with van der Waals surface area (Å²) in [7, 11) is 0. The molecule has 0 saturated heterocycles. The predicted octanol–water partition coefficient (Wildman–Crippen LogP) is 4.64. The fourth-order valence-electron chi connectivity index (χ4n) is 2.27. The van der Waals surface area contributed by atoms with E-state index in [1.807, 2.05) is 49.4 Å². The number of rotatable bonds is 3. The van der Waals surface area contributed by atoms with Gasteiger partial charge in [-0.15, -0.1) is 0 Å². The summed E-state index contributed by atoms with van der Waals surface area (Å²) in [5, 5.41) is 10.8. The second-order valence-corrected chi connectivity index (χ2v) is 4.86. The van der Waals surface area contributed by atoms with E-state index in [1.165, 1.54) is 0 Å². The minimum atomic E-state index is -0.929. The van der Waals surface area contributed by atoms with Gasteiger partial charge in [-0.2, -0.15) is 0 Å². The van der Waals surface area contributed by atoms with Crippen molar-refractivity contribution >= 4 is 16.7 Å². The van der Waals surface area contributed by atoms with Gasteiger partial charge in [0.15, 0.2) is 0 Å². The van der Waals surface area contributed by atoms with Crippen molar-refractivity contribution in [3.8, 4) is 11.5 Å². The maximum Gasteiger partial charge on any atom is 0.335 e. The number of para-hydroxylation sites is 1. The van der Waals surface area contributed by atoms with Crippen LogP contribution in [-0.4, -0.2) is 11.1 Å². The van der Waals surface area contributed by atoms with E-state index in [1.54, 1.807) is 18.2 Å². The van der Waals surface area contributed by atoms with Crippen LogP contribution in [0.1, 0.15) is 15.9 Å². The van der Waals surface area contributed by atoms with Crippen molar-refractivity contribution in [1.82, 2.24) is 0 Å². The largest absolute Gasteiger partial charge is 0.478 e. The Morgan fingerprint density at radius 1 is 0.952 bits per heavy atom. The molecule has 3 heteroatoms. The highest BCUT2D eigenvalue weighted by molar-refractivity contribution is 5.96. The standard InChI is InChI=1S/C18H14O3/c1-12-5-2-3-7-16(12)21-17-8-4-6-13-11-14(18(19)20)9-10-15(13)17/h2-11H,1H3,(H,19,20). The summed E-state index contributed by atoms with van der Waals surface area (Å²) in [6.07, 6.45) is 0. The summed E-state index contributed by atoms with van der Waals surface area (Å²) in [5.74, 6) is 0.591. The molecule has 3 rings (SSSR count). The van der Waals surface area contributed by atoms with Gasteiger partial charge in [-0.05, 0) is 48.2 Å². The van der Waals surface area contributed by atoms with Crippen LogP contribution in [0.3, 0.4) is 0 Å². The molecule has 0 aliphatic carbocycles. The van der Waals surface area contributed by atoms with Gasteiger partial charge in [-0.3, -0.25) is 0 Å². The van der Waals surface area contributed by atoms with Gasteiger partial charge in [0.2, 0.25) is 0 Å². The van der Waals surface area contributed by atoms with Crippen molar-refractivity contribution in [2.45, 2.75) is 6.92 Å². The maximum atomic E-state index is 11.0. The number of ether oxygens (including phenoxy) is 1. The summed E-state index contributed by atoms with van der Waals surface area (Å²) in [4.78, 5) is 11.0. The Hall–Kier alpha value is -2.81. The number of aromatic carboxylic acids is 1. The Kier molecular flexibility index (Phi) is 3.32. The monoisotopic (exact) mass is 278 g/mol. The predicted molar refractivity (Wildman–Crippen MR) is 82.2 cm³/mol. The Morgan fingerprint density at radius 3 is 2.48 bits per heavy atom. The van der Waals surface area contributed by atoms with Crippen LogP contribution in [0.4, 0.5) is 0 Å². The lowest BCUT2D eigenvalue weighted by atomic mass is 10.1. The Morgan fingerprint density at radius 2 is 1.71 bits per heavy atom. The Balaban J connectivity index is 2.07. The second-order valence-electron chi connectivity index (χ2n) is 4.86. The minimum absolute atomic E-state index is 0.274. The SMILES string of the molecule is Cc1ccccc1Oc1cccc2cc(C(=O)O)ccc12. The van der Waals surface area contributed by atoms with Crippen molar-refractivity contribution in [3.63, 3.8) is 0 Å². The zero-order valence-corrected chi connectivity index (χ0v) is 11.5. The maximum absolute atomic E-state index is 11.0. The molecule has 0 spiro atoms.